The molecule has 0 radical (unpaired) electrons. The monoisotopic (exact) mass is 209 g/mol. The lowest BCUT2D eigenvalue weighted by Gasteiger charge is -2.23. The number of nitrogens with one attached hydrogen (secondary N) is 1. The molecule has 1 rings (SSSR count). The zero-order chi connectivity index (χ0) is 11.1. The Morgan fingerprint density at radius 1 is 1.33 bits per heavy atom. The molecule has 0 aliphatic heterocycles. The summed E-state index contributed by atoms with van der Waals surface area (Å²) in [5, 5.41) is 3.60. The number of hydrogen-bond donors (Lipinski definition) is 1. The van der Waals surface area contributed by atoms with Gasteiger partial charge in [0.1, 0.15) is 0 Å². The summed E-state index contributed by atoms with van der Waals surface area (Å²) in [4.78, 5) is 0. The normalized spacial score (nSPS) is 15.1. The van der Waals surface area contributed by atoms with E-state index < -0.39 is 0 Å². The molecule has 15 heavy (non-hydrogen) atoms. The molecule has 1 aromatic rings. The summed E-state index contributed by atoms with van der Waals surface area (Å²) in [6, 6.07) is 2.52. The minimum Gasteiger partial charge on any atom is -0.472 e. The first-order valence-corrected chi connectivity index (χ1v) is 6.05. The maximum Gasteiger partial charge on any atom is 0.0950 e. The van der Waals surface area contributed by atoms with Gasteiger partial charge in [-0.05, 0) is 31.4 Å². The van der Waals surface area contributed by atoms with Crippen LogP contribution in [-0.4, -0.2) is 6.54 Å². The van der Waals surface area contributed by atoms with Crippen LogP contribution in [0.5, 0.6) is 0 Å². The Hall–Kier alpha value is -0.760. The third-order valence-electron chi connectivity index (χ3n) is 2.83. The number of hydrogen-bond acceptors (Lipinski definition) is 2. The molecule has 2 heteroatoms. The Morgan fingerprint density at radius 3 is 2.67 bits per heavy atom. The lowest BCUT2D eigenvalue weighted by atomic mass is 9.92. The van der Waals surface area contributed by atoms with Crippen LogP contribution in [0.15, 0.2) is 23.0 Å². The van der Waals surface area contributed by atoms with Gasteiger partial charge in [0.05, 0.1) is 12.5 Å². The number of rotatable bonds is 7. The largest absolute Gasteiger partial charge is 0.472 e. The Morgan fingerprint density at radius 2 is 2.13 bits per heavy atom. The van der Waals surface area contributed by atoms with Crippen LogP contribution in [0.2, 0.25) is 0 Å². The van der Waals surface area contributed by atoms with E-state index in [2.05, 4.69) is 32.2 Å². The molecule has 0 saturated heterocycles. The highest BCUT2D eigenvalue weighted by Crippen LogP contribution is 2.25. The van der Waals surface area contributed by atoms with Crippen molar-refractivity contribution in [3.05, 3.63) is 24.2 Å². The second-order valence-corrected chi connectivity index (χ2v) is 4.25. The predicted octanol–water partition coefficient (Wildman–Crippen LogP) is 3.76. The van der Waals surface area contributed by atoms with Crippen molar-refractivity contribution in [3.63, 3.8) is 0 Å². The van der Waals surface area contributed by atoms with Gasteiger partial charge in [0, 0.05) is 11.6 Å². The minimum absolute atomic E-state index is 0.448. The van der Waals surface area contributed by atoms with Crippen LogP contribution in [0, 0.1) is 5.92 Å². The van der Waals surface area contributed by atoms with E-state index in [4.69, 9.17) is 4.42 Å². The van der Waals surface area contributed by atoms with Crippen molar-refractivity contribution in [3.8, 4) is 0 Å². The Kier molecular flexibility index (Phi) is 5.48. The van der Waals surface area contributed by atoms with Gasteiger partial charge in [0.2, 0.25) is 0 Å². The standard InChI is InChI=1S/C13H23NO/c1-4-6-11(3)13(14-8-5-2)12-7-9-15-10-12/h7,9-11,13-14H,4-6,8H2,1-3H3. The molecule has 0 amide bonds. The molecule has 0 bridgehead atoms. The third kappa shape index (κ3) is 3.71. The van der Waals surface area contributed by atoms with Gasteiger partial charge in [0.15, 0.2) is 0 Å². The average Bonchev–Trinajstić information content (AvgIpc) is 2.72. The molecular formula is C13H23NO. The van der Waals surface area contributed by atoms with E-state index in [1.165, 1.54) is 24.8 Å². The van der Waals surface area contributed by atoms with E-state index in [0.29, 0.717) is 12.0 Å². The maximum absolute atomic E-state index is 5.16. The molecule has 0 fully saturated rings. The Balaban J connectivity index is 2.60. The van der Waals surface area contributed by atoms with Crippen molar-refractivity contribution in [1.82, 2.24) is 5.32 Å². The number of furan rings is 1. The van der Waals surface area contributed by atoms with Crippen molar-refractivity contribution in [2.45, 2.75) is 46.1 Å². The maximum atomic E-state index is 5.16. The van der Waals surface area contributed by atoms with Crippen molar-refractivity contribution >= 4 is 0 Å². The fourth-order valence-electron chi connectivity index (χ4n) is 2.02. The molecule has 2 atom stereocenters. The topological polar surface area (TPSA) is 25.2 Å². The summed E-state index contributed by atoms with van der Waals surface area (Å²) in [6.45, 7) is 7.82. The first kappa shape index (κ1) is 12.3. The van der Waals surface area contributed by atoms with E-state index in [0.717, 1.165) is 6.54 Å². The van der Waals surface area contributed by atoms with Crippen molar-refractivity contribution in [2.75, 3.05) is 6.54 Å². The highest BCUT2D eigenvalue weighted by Gasteiger charge is 2.18. The lowest BCUT2D eigenvalue weighted by Crippen LogP contribution is -2.27. The second kappa shape index (κ2) is 6.67. The molecule has 0 aromatic carbocycles. The summed E-state index contributed by atoms with van der Waals surface area (Å²) in [7, 11) is 0. The van der Waals surface area contributed by atoms with Gasteiger partial charge in [-0.1, -0.05) is 27.2 Å². The molecule has 0 saturated carbocycles. The summed E-state index contributed by atoms with van der Waals surface area (Å²) >= 11 is 0. The van der Waals surface area contributed by atoms with Crippen LogP contribution < -0.4 is 5.32 Å². The summed E-state index contributed by atoms with van der Waals surface area (Å²) < 4.78 is 5.16. The van der Waals surface area contributed by atoms with Crippen LogP contribution in [0.25, 0.3) is 0 Å². The van der Waals surface area contributed by atoms with Crippen molar-refractivity contribution < 1.29 is 4.42 Å². The molecule has 2 unspecified atom stereocenters. The van der Waals surface area contributed by atoms with E-state index in [1.54, 1.807) is 6.26 Å². The van der Waals surface area contributed by atoms with Crippen molar-refractivity contribution in [2.24, 2.45) is 5.92 Å². The summed E-state index contributed by atoms with van der Waals surface area (Å²) in [6.07, 6.45) is 7.29. The molecule has 0 spiro atoms. The van der Waals surface area contributed by atoms with Crippen LogP contribution >= 0.6 is 0 Å². The van der Waals surface area contributed by atoms with Gasteiger partial charge < -0.3 is 9.73 Å². The van der Waals surface area contributed by atoms with Gasteiger partial charge in [-0.25, -0.2) is 0 Å². The third-order valence-corrected chi connectivity index (χ3v) is 2.83. The second-order valence-electron chi connectivity index (χ2n) is 4.25. The fraction of sp³-hybridized carbons (Fsp3) is 0.692. The fourth-order valence-corrected chi connectivity index (χ4v) is 2.02. The van der Waals surface area contributed by atoms with E-state index in [-0.39, 0.29) is 0 Å². The molecule has 0 aliphatic rings. The zero-order valence-corrected chi connectivity index (χ0v) is 10.1. The van der Waals surface area contributed by atoms with Gasteiger partial charge in [-0.2, -0.15) is 0 Å². The summed E-state index contributed by atoms with van der Waals surface area (Å²) in [5.41, 5.74) is 1.28. The quantitative estimate of drug-likeness (QED) is 0.739. The first-order chi connectivity index (χ1) is 7.29. The van der Waals surface area contributed by atoms with E-state index >= 15 is 0 Å². The average molecular weight is 209 g/mol. The zero-order valence-electron chi connectivity index (χ0n) is 10.1. The lowest BCUT2D eigenvalue weighted by molar-refractivity contribution is 0.361. The first-order valence-electron chi connectivity index (χ1n) is 6.05. The highest BCUT2D eigenvalue weighted by atomic mass is 16.3. The molecule has 2 nitrogen and oxygen atoms in total. The molecule has 1 N–H and O–H groups in total. The molecular weight excluding hydrogens is 186 g/mol. The van der Waals surface area contributed by atoms with Gasteiger partial charge in [-0.15, -0.1) is 0 Å². The van der Waals surface area contributed by atoms with Crippen LogP contribution in [-0.2, 0) is 0 Å². The minimum atomic E-state index is 0.448. The van der Waals surface area contributed by atoms with Gasteiger partial charge in [-0.3, -0.25) is 0 Å². The van der Waals surface area contributed by atoms with Crippen LogP contribution in [0.3, 0.4) is 0 Å². The Labute approximate surface area is 93.1 Å². The predicted molar refractivity (Wildman–Crippen MR) is 63.8 cm³/mol. The Bertz CT molecular complexity index is 243. The van der Waals surface area contributed by atoms with E-state index in [1.807, 2.05) is 6.26 Å². The SMILES string of the molecule is CCCNC(c1ccoc1)C(C)CCC. The smallest absolute Gasteiger partial charge is 0.0950 e. The molecule has 86 valence electrons. The molecule has 1 heterocycles. The molecule has 0 aliphatic carbocycles. The molecule has 1 aromatic heterocycles. The van der Waals surface area contributed by atoms with Gasteiger partial charge >= 0.3 is 0 Å². The van der Waals surface area contributed by atoms with Gasteiger partial charge in [0.25, 0.3) is 0 Å². The van der Waals surface area contributed by atoms with Crippen molar-refractivity contribution in [1.29, 1.82) is 0 Å². The summed E-state index contributed by atoms with van der Waals surface area (Å²) in [5.74, 6) is 0.666. The van der Waals surface area contributed by atoms with E-state index in [9.17, 15) is 0 Å². The van der Waals surface area contributed by atoms with Crippen LogP contribution in [0.1, 0.15) is 51.6 Å². The highest BCUT2D eigenvalue weighted by molar-refractivity contribution is 5.12. The van der Waals surface area contributed by atoms with Crippen LogP contribution in [0.4, 0.5) is 0 Å².